The molecule has 0 fully saturated rings. The fourth-order valence-corrected chi connectivity index (χ4v) is 1.08. The van der Waals surface area contributed by atoms with Crippen LogP contribution in [0.2, 0.25) is 0 Å². The molecular weight excluding hydrogens is 180 g/mol. The van der Waals surface area contributed by atoms with E-state index in [1.807, 2.05) is 19.9 Å². The summed E-state index contributed by atoms with van der Waals surface area (Å²) < 4.78 is 0. The van der Waals surface area contributed by atoms with Gasteiger partial charge in [-0.2, -0.15) is 0 Å². The summed E-state index contributed by atoms with van der Waals surface area (Å²) in [5.41, 5.74) is 1.22. The van der Waals surface area contributed by atoms with Crippen LogP contribution >= 0.6 is 0 Å². The number of pyridine rings is 1. The minimum Gasteiger partial charge on any atom is -0.271 e. The Morgan fingerprint density at radius 1 is 1.57 bits per heavy atom. The molecular formula is C10H14N2O2. The van der Waals surface area contributed by atoms with Crippen molar-refractivity contribution in [2.24, 2.45) is 0 Å². The highest BCUT2D eigenvalue weighted by Crippen LogP contribution is 2.02. The van der Waals surface area contributed by atoms with Crippen LogP contribution < -0.4 is 0 Å². The van der Waals surface area contributed by atoms with E-state index in [0.717, 1.165) is 5.69 Å². The van der Waals surface area contributed by atoms with Crippen molar-refractivity contribution in [1.29, 1.82) is 0 Å². The summed E-state index contributed by atoms with van der Waals surface area (Å²) in [6.07, 6.45) is 0. The molecule has 4 nitrogen and oxygen atoms in total. The molecule has 0 saturated heterocycles. The first-order chi connectivity index (χ1) is 6.65. The number of hydrogen-bond acceptors (Lipinski definition) is 3. The molecule has 0 aliphatic heterocycles. The Morgan fingerprint density at radius 3 is 2.86 bits per heavy atom. The van der Waals surface area contributed by atoms with Gasteiger partial charge in [0.2, 0.25) is 0 Å². The van der Waals surface area contributed by atoms with Crippen LogP contribution in [-0.4, -0.2) is 29.6 Å². The maximum atomic E-state index is 11.6. The van der Waals surface area contributed by atoms with E-state index in [9.17, 15) is 4.79 Å². The smallest absolute Gasteiger partial charge is 0.271 e. The van der Waals surface area contributed by atoms with Gasteiger partial charge >= 0.3 is 0 Å². The van der Waals surface area contributed by atoms with Crippen molar-refractivity contribution in [3.8, 4) is 0 Å². The zero-order valence-electron chi connectivity index (χ0n) is 8.65. The minimum atomic E-state index is -0.226. The lowest BCUT2D eigenvalue weighted by atomic mass is 10.3. The fourth-order valence-electron chi connectivity index (χ4n) is 1.08. The lowest BCUT2D eigenvalue weighted by Crippen LogP contribution is -2.27. The van der Waals surface area contributed by atoms with Crippen molar-refractivity contribution < 1.29 is 9.63 Å². The molecule has 0 atom stereocenters. The first-order valence-electron chi connectivity index (χ1n) is 4.49. The van der Waals surface area contributed by atoms with E-state index < -0.39 is 0 Å². The monoisotopic (exact) mass is 194 g/mol. The van der Waals surface area contributed by atoms with E-state index in [1.165, 1.54) is 5.06 Å². The molecule has 1 aromatic heterocycles. The Morgan fingerprint density at radius 2 is 2.29 bits per heavy atom. The van der Waals surface area contributed by atoms with Crippen LogP contribution in [-0.2, 0) is 4.84 Å². The predicted octanol–water partition coefficient (Wildman–Crippen LogP) is 1.41. The Labute approximate surface area is 83.5 Å². The van der Waals surface area contributed by atoms with Gasteiger partial charge in [0.25, 0.3) is 5.91 Å². The number of aryl methyl sites for hydroxylation is 1. The molecule has 0 spiro atoms. The molecule has 1 amide bonds. The highest BCUT2D eigenvalue weighted by atomic mass is 16.7. The highest BCUT2D eigenvalue weighted by Gasteiger charge is 2.12. The standard InChI is InChI=1S/C10H14N2O2/c1-4-14-12(3)10(13)9-7-5-6-8(2)11-9/h5-7H,4H2,1-3H3. The molecule has 1 heterocycles. The third kappa shape index (κ3) is 2.53. The van der Waals surface area contributed by atoms with Gasteiger partial charge in [0.05, 0.1) is 6.61 Å². The van der Waals surface area contributed by atoms with Crippen LogP contribution in [0.15, 0.2) is 18.2 Å². The molecule has 0 aliphatic carbocycles. The average molecular weight is 194 g/mol. The van der Waals surface area contributed by atoms with E-state index in [-0.39, 0.29) is 5.91 Å². The first kappa shape index (κ1) is 10.7. The SMILES string of the molecule is CCON(C)C(=O)c1cccc(C)n1. The van der Waals surface area contributed by atoms with Gasteiger partial charge in [-0.3, -0.25) is 9.63 Å². The fraction of sp³-hybridized carbons (Fsp3) is 0.400. The van der Waals surface area contributed by atoms with Gasteiger partial charge in [-0.1, -0.05) is 6.07 Å². The van der Waals surface area contributed by atoms with Crippen LogP contribution in [0.5, 0.6) is 0 Å². The van der Waals surface area contributed by atoms with Gasteiger partial charge in [-0.15, -0.1) is 0 Å². The molecule has 0 aliphatic rings. The van der Waals surface area contributed by atoms with Gasteiger partial charge in [0, 0.05) is 12.7 Å². The van der Waals surface area contributed by atoms with Crippen molar-refractivity contribution in [3.63, 3.8) is 0 Å². The molecule has 76 valence electrons. The largest absolute Gasteiger partial charge is 0.295 e. The maximum Gasteiger partial charge on any atom is 0.295 e. The predicted molar refractivity (Wildman–Crippen MR) is 52.7 cm³/mol. The lowest BCUT2D eigenvalue weighted by Gasteiger charge is -2.14. The molecule has 0 bridgehead atoms. The summed E-state index contributed by atoms with van der Waals surface area (Å²) in [4.78, 5) is 20.8. The van der Waals surface area contributed by atoms with Crippen molar-refractivity contribution in [2.45, 2.75) is 13.8 Å². The number of hydrogen-bond donors (Lipinski definition) is 0. The number of nitrogens with zero attached hydrogens (tertiary/aromatic N) is 2. The minimum absolute atomic E-state index is 0.226. The van der Waals surface area contributed by atoms with Gasteiger partial charge in [0.15, 0.2) is 0 Å². The second-order valence-corrected chi connectivity index (χ2v) is 2.88. The van der Waals surface area contributed by atoms with Crippen LogP contribution in [0, 0.1) is 6.92 Å². The average Bonchev–Trinajstić information content (AvgIpc) is 2.17. The van der Waals surface area contributed by atoms with E-state index in [0.29, 0.717) is 12.3 Å². The van der Waals surface area contributed by atoms with E-state index in [2.05, 4.69) is 4.98 Å². The number of aromatic nitrogens is 1. The number of hydroxylamine groups is 2. The number of amides is 1. The third-order valence-electron chi connectivity index (χ3n) is 1.72. The second kappa shape index (κ2) is 4.72. The van der Waals surface area contributed by atoms with Gasteiger partial charge in [0.1, 0.15) is 5.69 Å². The van der Waals surface area contributed by atoms with E-state index >= 15 is 0 Å². The van der Waals surface area contributed by atoms with Crippen molar-refractivity contribution in [1.82, 2.24) is 10.0 Å². The maximum absolute atomic E-state index is 11.6. The molecule has 0 N–H and O–H groups in total. The van der Waals surface area contributed by atoms with Crippen molar-refractivity contribution >= 4 is 5.91 Å². The highest BCUT2D eigenvalue weighted by molar-refractivity contribution is 5.91. The summed E-state index contributed by atoms with van der Waals surface area (Å²) in [5.74, 6) is -0.226. The molecule has 0 saturated carbocycles. The van der Waals surface area contributed by atoms with Gasteiger partial charge in [-0.05, 0) is 26.0 Å². The Kier molecular flexibility index (Phi) is 3.59. The Hall–Kier alpha value is -1.42. The zero-order valence-corrected chi connectivity index (χ0v) is 8.65. The van der Waals surface area contributed by atoms with Crippen LogP contribution in [0.3, 0.4) is 0 Å². The molecule has 0 radical (unpaired) electrons. The summed E-state index contributed by atoms with van der Waals surface area (Å²) >= 11 is 0. The summed E-state index contributed by atoms with van der Waals surface area (Å²) in [6.45, 7) is 4.14. The number of carbonyl (C=O) groups is 1. The zero-order chi connectivity index (χ0) is 10.6. The Bertz CT molecular complexity index is 326. The lowest BCUT2D eigenvalue weighted by molar-refractivity contribution is -0.100. The number of carbonyl (C=O) groups excluding carboxylic acids is 1. The molecule has 0 aromatic carbocycles. The third-order valence-corrected chi connectivity index (χ3v) is 1.72. The quantitative estimate of drug-likeness (QED) is 0.683. The topological polar surface area (TPSA) is 42.4 Å². The Balaban J connectivity index is 2.78. The molecule has 0 unspecified atom stereocenters. The summed E-state index contributed by atoms with van der Waals surface area (Å²) in [7, 11) is 1.58. The van der Waals surface area contributed by atoms with E-state index in [4.69, 9.17) is 4.84 Å². The second-order valence-electron chi connectivity index (χ2n) is 2.88. The van der Waals surface area contributed by atoms with E-state index in [1.54, 1.807) is 19.2 Å². The molecule has 1 rings (SSSR count). The van der Waals surface area contributed by atoms with Crippen LogP contribution in [0.25, 0.3) is 0 Å². The molecule has 4 heteroatoms. The molecule has 1 aromatic rings. The van der Waals surface area contributed by atoms with Gasteiger partial charge < -0.3 is 0 Å². The first-order valence-corrected chi connectivity index (χ1v) is 4.49. The van der Waals surface area contributed by atoms with Crippen molar-refractivity contribution in [2.75, 3.05) is 13.7 Å². The summed E-state index contributed by atoms with van der Waals surface area (Å²) in [5, 5.41) is 1.20. The van der Waals surface area contributed by atoms with Gasteiger partial charge in [-0.25, -0.2) is 10.0 Å². The van der Waals surface area contributed by atoms with Crippen LogP contribution in [0.1, 0.15) is 23.1 Å². The molecule has 14 heavy (non-hydrogen) atoms. The summed E-state index contributed by atoms with van der Waals surface area (Å²) in [6, 6.07) is 5.32. The number of rotatable bonds is 3. The van der Waals surface area contributed by atoms with Crippen LogP contribution in [0.4, 0.5) is 0 Å². The normalized spacial score (nSPS) is 9.93. The van der Waals surface area contributed by atoms with Crippen molar-refractivity contribution in [3.05, 3.63) is 29.6 Å².